The summed E-state index contributed by atoms with van der Waals surface area (Å²) in [6.07, 6.45) is 4.62. The topological polar surface area (TPSA) is 45.7 Å². The Morgan fingerprint density at radius 1 is 1.42 bits per heavy atom. The number of fused-ring (bicyclic) bond motifs is 2. The zero-order chi connectivity index (χ0) is 13.2. The summed E-state index contributed by atoms with van der Waals surface area (Å²) in [6.45, 7) is 6.63. The van der Waals surface area contributed by atoms with Crippen molar-refractivity contribution in [1.29, 1.82) is 0 Å². The lowest BCUT2D eigenvalue weighted by Crippen LogP contribution is -2.46. The van der Waals surface area contributed by atoms with Crippen molar-refractivity contribution in [3.63, 3.8) is 0 Å². The van der Waals surface area contributed by atoms with Crippen LogP contribution in [0.1, 0.15) is 23.7 Å². The number of aromatic nitrogens is 1. The lowest BCUT2D eigenvalue weighted by Gasteiger charge is -2.36. The van der Waals surface area contributed by atoms with Crippen LogP contribution in [0.25, 0.3) is 0 Å². The molecule has 19 heavy (non-hydrogen) atoms. The highest BCUT2D eigenvalue weighted by molar-refractivity contribution is 5.90. The first-order valence-corrected chi connectivity index (χ1v) is 6.89. The van der Waals surface area contributed by atoms with Crippen LogP contribution in [0.5, 0.6) is 0 Å². The molecule has 2 aliphatic rings. The van der Waals surface area contributed by atoms with Crippen molar-refractivity contribution in [2.75, 3.05) is 37.7 Å². The Balaban J connectivity index is 1.81. The van der Waals surface area contributed by atoms with Crippen LogP contribution in [0.2, 0.25) is 0 Å². The second kappa shape index (κ2) is 5.17. The molecule has 3 heterocycles. The van der Waals surface area contributed by atoms with Gasteiger partial charge in [-0.15, -0.1) is 0 Å². The fraction of sp³-hybridized carbons (Fsp3) is 0.571. The highest BCUT2D eigenvalue weighted by Crippen LogP contribution is 2.26. The maximum absolute atomic E-state index is 11.8. The van der Waals surface area contributed by atoms with Gasteiger partial charge in [0.2, 0.25) is 0 Å². The number of nitrogens with zero attached hydrogens (tertiary/aromatic N) is 3. The van der Waals surface area contributed by atoms with E-state index in [0.717, 1.165) is 25.3 Å². The number of carbonyl (C=O) groups is 1. The van der Waals surface area contributed by atoms with Crippen molar-refractivity contribution in [3.8, 4) is 0 Å². The van der Waals surface area contributed by atoms with E-state index in [-0.39, 0.29) is 5.97 Å². The maximum Gasteiger partial charge on any atom is 0.339 e. The Morgan fingerprint density at radius 2 is 2.32 bits per heavy atom. The van der Waals surface area contributed by atoms with Gasteiger partial charge in [-0.3, -0.25) is 9.88 Å². The molecule has 2 atom stereocenters. The summed E-state index contributed by atoms with van der Waals surface area (Å²) in [5, 5.41) is 0. The first kappa shape index (κ1) is 12.4. The average molecular weight is 261 g/mol. The van der Waals surface area contributed by atoms with E-state index in [2.05, 4.69) is 14.8 Å². The van der Waals surface area contributed by atoms with E-state index in [1.165, 1.54) is 13.0 Å². The fourth-order valence-electron chi connectivity index (χ4n) is 2.95. The highest BCUT2D eigenvalue weighted by atomic mass is 16.5. The fourth-order valence-corrected chi connectivity index (χ4v) is 2.95. The van der Waals surface area contributed by atoms with Crippen LogP contribution in [0.3, 0.4) is 0 Å². The molecule has 1 aromatic rings. The number of hydrogen-bond acceptors (Lipinski definition) is 5. The van der Waals surface area contributed by atoms with Gasteiger partial charge in [-0.1, -0.05) is 0 Å². The van der Waals surface area contributed by atoms with Gasteiger partial charge >= 0.3 is 5.97 Å². The van der Waals surface area contributed by atoms with Crippen LogP contribution in [-0.2, 0) is 4.74 Å². The summed E-state index contributed by atoms with van der Waals surface area (Å²) in [5.74, 6) is -0.290. The molecule has 2 fully saturated rings. The van der Waals surface area contributed by atoms with Crippen LogP contribution < -0.4 is 4.90 Å². The molecule has 5 heteroatoms. The first-order chi connectivity index (χ1) is 9.28. The number of piperazine rings is 1. The number of hydrogen-bond donors (Lipinski definition) is 0. The van der Waals surface area contributed by atoms with Gasteiger partial charge in [-0.05, 0) is 19.4 Å². The monoisotopic (exact) mass is 261 g/mol. The molecule has 0 radical (unpaired) electrons. The third-order valence-corrected chi connectivity index (χ3v) is 3.91. The molecule has 5 nitrogen and oxygen atoms in total. The van der Waals surface area contributed by atoms with Crippen molar-refractivity contribution in [3.05, 3.63) is 24.0 Å². The molecule has 1 aromatic heterocycles. The normalized spacial score (nSPS) is 25.4. The Morgan fingerprint density at radius 3 is 3.16 bits per heavy atom. The predicted molar refractivity (Wildman–Crippen MR) is 72.4 cm³/mol. The summed E-state index contributed by atoms with van der Waals surface area (Å²) >= 11 is 0. The highest BCUT2D eigenvalue weighted by Gasteiger charge is 2.32. The number of anilines is 1. The molecule has 2 saturated heterocycles. The second-order valence-corrected chi connectivity index (χ2v) is 5.09. The second-order valence-electron chi connectivity index (χ2n) is 5.09. The van der Waals surface area contributed by atoms with Crippen LogP contribution in [0.15, 0.2) is 18.5 Å². The van der Waals surface area contributed by atoms with E-state index in [1.807, 2.05) is 19.2 Å². The van der Waals surface area contributed by atoms with Gasteiger partial charge in [0.25, 0.3) is 0 Å². The maximum atomic E-state index is 11.8. The molecule has 0 N–H and O–H groups in total. The minimum absolute atomic E-state index is 0.290. The molecule has 2 bridgehead atoms. The molecular formula is C14H19N3O2. The zero-order valence-corrected chi connectivity index (χ0v) is 11.2. The van der Waals surface area contributed by atoms with Crippen molar-refractivity contribution >= 4 is 11.7 Å². The number of rotatable bonds is 3. The summed E-state index contributed by atoms with van der Waals surface area (Å²) in [6, 6.07) is 2.46. The molecule has 0 spiro atoms. The van der Waals surface area contributed by atoms with E-state index >= 15 is 0 Å². The number of pyridine rings is 1. The van der Waals surface area contributed by atoms with Crippen LogP contribution >= 0.6 is 0 Å². The quantitative estimate of drug-likeness (QED) is 0.764. The van der Waals surface area contributed by atoms with Crippen LogP contribution in [0.4, 0.5) is 5.69 Å². The number of ether oxygens (including phenoxy) is 1. The largest absolute Gasteiger partial charge is 0.462 e. The molecule has 102 valence electrons. The van der Waals surface area contributed by atoms with Crippen molar-refractivity contribution in [2.45, 2.75) is 19.4 Å². The van der Waals surface area contributed by atoms with Gasteiger partial charge in [0, 0.05) is 38.4 Å². The Bertz CT molecular complexity index is 478. The summed E-state index contributed by atoms with van der Waals surface area (Å²) in [4.78, 5) is 20.8. The lowest BCUT2D eigenvalue weighted by atomic mass is 10.1. The van der Waals surface area contributed by atoms with E-state index in [0.29, 0.717) is 18.2 Å². The smallest absolute Gasteiger partial charge is 0.339 e. The van der Waals surface area contributed by atoms with E-state index in [9.17, 15) is 4.79 Å². The van der Waals surface area contributed by atoms with E-state index in [4.69, 9.17) is 4.74 Å². The molecule has 0 aliphatic carbocycles. The zero-order valence-electron chi connectivity index (χ0n) is 11.2. The van der Waals surface area contributed by atoms with E-state index < -0.39 is 0 Å². The van der Waals surface area contributed by atoms with Gasteiger partial charge in [0.15, 0.2) is 0 Å². The molecule has 0 aromatic carbocycles. The summed E-state index contributed by atoms with van der Waals surface area (Å²) < 4.78 is 5.03. The summed E-state index contributed by atoms with van der Waals surface area (Å²) in [5.41, 5.74) is 1.58. The minimum atomic E-state index is -0.290. The van der Waals surface area contributed by atoms with Gasteiger partial charge in [0.05, 0.1) is 24.1 Å². The standard InChI is InChI=1S/C14H19N3O2/c1-2-19-14(18)11-7-13(9-15-8-11)17-6-5-16-4-3-12(17)10-16/h7-9,12H,2-6,10H2,1H3. The van der Waals surface area contributed by atoms with Crippen molar-refractivity contribution < 1.29 is 9.53 Å². The van der Waals surface area contributed by atoms with Gasteiger partial charge in [-0.25, -0.2) is 4.79 Å². The predicted octanol–water partition coefficient (Wildman–Crippen LogP) is 1.15. The molecule has 2 unspecified atom stereocenters. The molecular weight excluding hydrogens is 242 g/mol. The van der Waals surface area contributed by atoms with E-state index in [1.54, 1.807) is 6.20 Å². The van der Waals surface area contributed by atoms with Crippen LogP contribution in [0, 0.1) is 0 Å². The Labute approximate surface area is 113 Å². The average Bonchev–Trinajstić information content (AvgIpc) is 2.81. The van der Waals surface area contributed by atoms with Gasteiger partial charge < -0.3 is 9.64 Å². The Kier molecular flexibility index (Phi) is 3.38. The van der Waals surface area contributed by atoms with Crippen molar-refractivity contribution in [1.82, 2.24) is 9.88 Å². The SMILES string of the molecule is CCOC(=O)c1cncc(N2CCN3CCC2C3)c1. The van der Waals surface area contributed by atoms with Crippen molar-refractivity contribution in [2.24, 2.45) is 0 Å². The molecule has 2 aliphatic heterocycles. The third-order valence-electron chi connectivity index (χ3n) is 3.91. The number of esters is 1. The Hall–Kier alpha value is -1.62. The molecule has 3 rings (SSSR count). The minimum Gasteiger partial charge on any atom is -0.462 e. The van der Waals surface area contributed by atoms with Gasteiger partial charge in [0.1, 0.15) is 0 Å². The summed E-state index contributed by atoms with van der Waals surface area (Å²) in [7, 11) is 0. The molecule has 0 amide bonds. The first-order valence-electron chi connectivity index (χ1n) is 6.89. The number of carbonyl (C=O) groups excluding carboxylic acids is 1. The van der Waals surface area contributed by atoms with Gasteiger partial charge in [-0.2, -0.15) is 0 Å². The molecule has 0 saturated carbocycles. The third kappa shape index (κ3) is 2.42. The lowest BCUT2D eigenvalue weighted by molar-refractivity contribution is 0.0526. The van der Waals surface area contributed by atoms with Crippen LogP contribution in [-0.4, -0.2) is 54.7 Å².